The van der Waals surface area contributed by atoms with Crippen molar-refractivity contribution in [2.75, 3.05) is 19.8 Å². The lowest BCUT2D eigenvalue weighted by Crippen LogP contribution is -2.18. The van der Waals surface area contributed by atoms with Gasteiger partial charge in [-0.15, -0.1) is 0 Å². The van der Waals surface area contributed by atoms with E-state index in [1.165, 1.54) is 0 Å². The number of nitrogens with two attached hydrogens (primary N) is 1. The summed E-state index contributed by atoms with van der Waals surface area (Å²) in [7, 11) is 0. The Morgan fingerprint density at radius 2 is 2.55 bits per heavy atom. The Hall–Kier alpha value is -2.42. The Morgan fingerprint density at radius 1 is 1.75 bits per heavy atom. The zero-order chi connectivity index (χ0) is 14.5. The number of aromatic nitrogens is 1. The van der Waals surface area contributed by atoms with Crippen molar-refractivity contribution in [2.45, 2.75) is 6.42 Å². The molecule has 0 spiro atoms. The van der Waals surface area contributed by atoms with Gasteiger partial charge in [0.2, 0.25) is 5.88 Å². The molecule has 9 heteroatoms. The van der Waals surface area contributed by atoms with Gasteiger partial charge in [0, 0.05) is 18.6 Å². The lowest BCUT2D eigenvalue weighted by atomic mass is 10.1. The van der Waals surface area contributed by atoms with E-state index in [0.29, 0.717) is 19.8 Å². The topological polar surface area (TPSA) is 133 Å². The number of amidine groups is 1. The van der Waals surface area contributed by atoms with Crippen molar-refractivity contribution in [2.24, 2.45) is 16.8 Å². The summed E-state index contributed by atoms with van der Waals surface area (Å²) in [6, 6.07) is 1.16. The first kappa shape index (κ1) is 14.0. The SMILES string of the molecule is NC(=NO)c1cc([N+](=O)[O-])cnc1OCC1CCOC1. The minimum absolute atomic E-state index is 0.0839. The van der Waals surface area contributed by atoms with E-state index in [1.807, 2.05) is 0 Å². The van der Waals surface area contributed by atoms with Crippen molar-refractivity contribution >= 4 is 11.5 Å². The summed E-state index contributed by atoms with van der Waals surface area (Å²) < 4.78 is 10.7. The molecule has 0 aliphatic carbocycles. The van der Waals surface area contributed by atoms with E-state index in [1.54, 1.807) is 0 Å². The highest BCUT2D eigenvalue weighted by atomic mass is 16.6. The van der Waals surface area contributed by atoms with Gasteiger partial charge < -0.3 is 20.4 Å². The lowest BCUT2D eigenvalue weighted by Gasteiger charge is -2.12. The molecular formula is C11H14N4O5. The molecule has 108 valence electrons. The first-order chi connectivity index (χ1) is 9.61. The Labute approximate surface area is 114 Å². The first-order valence-electron chi connectivity index (χ1n) is 5.94. The fraction of sp³-hybridized carbons (Fsp3) is 0.455. The largest absolute Gasteiger partial charge is 0.477 e. The summed E-state index contributed by atoms with van der Waals surface area (Å²) in [5.74, 6) is 0.0452. The fourth-order valence-electron chi connectivity index (χ4n) is 1.80. The minimum atomic E-state index is -0.615. The van der Waals surface area contributed by atoms with Crippen LogP contribution in [0.1, 0.15) is 12.0 Å². The van der Waals surface area contributed by atoms with Crippen LogP contribution in [-0.2, 0) is 4.74 Å². The van der Waals surface area contributed by atoms with Crippen LogP contribution in [0.3, 0.4) is 0 Å². The average Bonchev–Trinajstić information content (AvgIpc) is 2.97. The molecule has 1 fully saturated rings. The molecule has 1 aromatic heterocycles. The molecule has 0 bridgehead atoms. The van der Waals surface area contributed by atoms with Gasteiger partial charge in [-0.25, -0.2) is 4.98 Å². The molecule has 1 aliphatic rings. The first-order valence-corrected chi connectivity index (χ1v) is 5.94. The van der Waals surface area contributed by atoms with Gasteiger partial charge in [-0.1, -0.05) is 5.16 Å². The maximum atomic E-state index is 10.7. The van der Waals surface area contributed by atoms with Gasteiger partial charge in [0.25, 0.3) is 5.69 Å². The zero-order valence-corrected chi connectivity index (χ0v) is 10.6. The van der Waals surface area contributed by atoms with Crippen LogP contribution < -0.4 is 10.5 Å². The second-order valence-electron chi connectivity index (χ2n) is 4.33. The summed E-state index contributed by atoms with van der Waals surface area (Å²) in [6.07, 6.45) is 1.94. The Kier molecular flexibility index (Phi) is 4.31. The standard InChI is InChI=1S/C11H14N4O5/c12-10(14-16)9-3-8(15(17)18)4-13-11(9)20-6-7-1-2-19-5-7/h3-4,7,16H,1-2,5-6H2,(H2,12,14). The van der Waals surface area contributed by atoms with Crippen LogP contribution in [0, 0.1) is 16.0 Å². The van der Waals surface area contributed by atoms with E-state index >= 15 is 0 Å². The van der Waals surface area contributed by atoms with Crippen molar-refractivity contribution in [3.63, 3.8) is 0 Å². The van der Waals surface area contributed by atoms with E-state index in [4.69, 9.17) is 20.4 Å². The smallest absolute Gasteiger partial charge is 0.288 e. The van der Waals surface area contributed by atoms with Crippen molar-refractivity contribution in [1.82, 2.24) is 4.98 Å². The number of ether oxygens (including phenoxy) is 2. The monoisotopic (exact) mass is 282 g/mol. The summed E-state index contributed by atoms with van der Waals surface area (Å²) in [5.41, 5.74) is 5.30. The number of oxime groups is 1. The van der Waals surface area contributed by atoms with Crippen molar-refractivity contribution < 1.29 is 19.6 Å². The molecule has 1 unspecified atom stereocenters. The number of nitro groups is 1. The molecule has 0 amide bonds. The quantitative estimate of drug-likeness (QED) is 0.264. The average molecular weight is 282 g/mol. The highest BCUT2D eigenvalue weighted by molar-refractivity contribution is 5.99. The highest BCUT2D eigenvalue weighted by Gasteiger charge is 2.20. The molecule has 1 aliphatic heterocycles. The van der Waals surface area contributed by atoms with E-state index in [-0.39, 0.29) is 28.9 Å². The van der Waals surface area contributed by atoms with Gasteiger partial charge in [0.1, 0.15) is 6.20 Å². The summed E-state index contributed by atoms with van der Waals surface area (Å²) in [5, 5.41) is 22.2. The fourth-order valence-corrected chi connectivity index (χ4v) is 1.80. The van der Waals surface area contributed by atoms with Gasteiger partial charge in [-0.2, -0.15) is 0 Å². The van der Waals surface area contributed by atoms with E-state index in [2.05, 4.69) is 10.1 Å². The second-order valence-corrected chi connectivity index (χ2v) is 4.33. The van der Waals surface area contributed by atoms with Crippen molar-refractivity contribution in [1.29, 1.82) is 0 Å². The summed E-state index contributed by atoms with van der Waals surface area (Å²) in [4.78, 5) is 13.9. The molecule has 0 aromatic carbocycles. The number of hydrogen-bond acceptors (Lipinski definition) is 7. The van der Waals surface area contributed by atoms with E-state index < -0.39 is 4.92 Å². The third-order valence-electron chi connectivity index (χ3n) is 2.91. The van der Waals surface area contributed by atoms with Gasteiger partial charge in [-0.3, -0.25) is 10.1 Å². The molecule has 20 heavy (non-hydrogen) atoms. The van der Waals surface area contributed by atoms with Gasteiger partial charge in [-0.05, 0) is 6.42 Å². The Morgan fingerprint density at radius 3 is 3.15 bits per heavy atom. The maximum absolute atomic E-state index is 10.7. The van der Waals surface area contributed by atoms with Gasteiger partial charge in [0.05, 0.1) is 23.7 Å². The highest BCUT2D eigenvalue weighted by Crippen LogP contribution is 2.22. The lowest BCUT2D eigenvalue weighted by molar-refractivity contribution is -0.385. The van der Waals surface area contributed by atoms with Crippen LogP contribution in [0.25, 0.3) is 0 Å². The molecule has 9 nitrogen and oxygen atoms in total. The van der Waals surface area contributed by atoms with Crippen LogP contribution in [0.5, 0.6) is 5.88 Å². The predicted octanol–water partition coefficient (Wildman–Crippen LogP) is 0.500. The molecule has 1 saturated heterocycles. The third kappa shape index (κ3) is 3.12. The molecule has 1 atom stereocenters. The molecule has 0 saturated carbocycles. The number of pyridine rings is 1. The van der Waals surface area contributed by atoms with E-state index in [9.17, 15) is 10.1 Å². The van der Waals surface area contributed by atoms with Crippen LogP contribution in [0.15, 0.2) is 17.4 Å². The summed E-state index contributed by atoms with van der Waals surface area (Å²) >= 11 is 0. The third-order valence-corrected chi connectivity index (χ3v) is 2.91. The van der Waals surface area contributed by atoms with Crippen LogP contribution in [0.2, 0.25) is 0 Å². The molecule has 1 aromatic rings. The number of nitrogens with zero attached hydrogens (tertiary/aromatic N) is 3. The zero-order valence-electron chi connectivity index (χ0n) is 10.6. The van der Waals surface area contributed by atoms with Crippen molar-refractivity contribution in [3.05, 3.63) is 27.9 Å². The Bertz CT molecular complexity index is 528. The minimum Gasteiger partial charge on any atom is -0.477 e. The van der Waals surface area contributed by atoms with Crippen LogP contribution >= 0.6 is 0 Å². The van der Waals surface area contributed by atoms with Gasteiger partial charge >= 0.3 is 0 Å². The number of rotatable bonds is 5. The molecular weight excluding hydrogens is 268 g/mol. The molecule has 0 radical (unpaired) electrons. The summed E-state index contributed by atoms with van der Waals surface area (Å²) in [6.45, 7) is 1.65. The molecule has 3 N–H and O–H groups in total. The predicted molar refractivity (Wildman–Crippen MR) is 67.8 cm³/mol. The second kappa shape index (κ2) is 6.15. The normalized spacial score (nSPS) is 19.0. The van der Waals surface area contributed by atoms with E-state index in [0.717, 1.165) is 18.7 Å². The number of hydrogen-bond donors (Lipinski definition) is 2. The molecule has 2 heterocycles. The van der Waals surface area contributed by atoms with Crippen LogP contribution in [-0.4, -0.2) is 40.8 Å². The Balaban J connectivity index is 2.19. The van der Waals surface area contributed by atoms with Crippen molar-refractivity contribution in [3.8, 4) is 5.88 Å². The van der Waals surface area contributed by atoms with Crippen LogP contribution in [0.4, 0.5) is 5.69 Å². The molecule has 2 rings (SSSR count). The van der Waals surface area contributed by atoms with Gasteiger partial charge in [0.15, 0.2) is 5.84 Å². The maximum Gasteiger partial charge on any atom is 0.288 e.